The number of hydrogen-bond acceptors (Lipinski definition) is 1. The first kappa shape index (κ1) is 20.9. The van der Waals surface area contributed by atoms with Gasteiger partial charge in [-0.1, -0.05) is 99.6 Å². The Morgan fingerprint density at radius 1 is 0.622 bits per heavy atom. The van der Waals surface area contributed by atoms with Crippen molar-refractivity contribution in [1.82, 2.24) is 4.48 Å². The number of rotatable bonds is 1. The van der Waals surface area contributed by atoms with Gasteiger partial charge < -0.3 is 9.38 Å². The first-order valence-corrected chi connectivity index (χ1v) is 13.2. The number of aromatic nitrogens is 1. The standard InChI is InChI=1S/C34H27BN2/c1-34(2,3)22-19-20-28-31(21-22)36(23-11-5-4-6-12-23)30-18-10-14-25-27-16-9-15-26-24-13-7-8-17-29(24)37(33(26)27)35(28)32(25)30/h4-21H,1-3H3. The Labute approximate surface area is 217 Å². The molecule has 2 nitrogen and oxygen atoms in total. The third-order valence-corrected chi connectivity index (χ3v) is 8.32. The van der Waals surface area contributed by atoms with Gasteiger partial charge >= 0.3 is 6.85 Å². The molecule has 3 heteroatoms. The first-order chi connectivity index (χ1) is 18.0. The van der Waals surface area contributed by atoms with Gasteiger partial charge in [-0.3, -0.25) is 0 Å². The van der Waals surface area contributed by atoms with Crippen LogP contribution in [0.4, 0.5) is 17.1 Å². The highest BCUT2D eigenvalue weighted by Gasteiger charge is 2.42. The van der Waals surface area contributed by atoms with Crippen LogP contribution in [-0.2, 0) is 5.41 Å². The Morgan fingerprint density at radius 3 is 2.19 bits per heavy atom. The van der Waals surface area contributed by atoms with Crippen LogP contribution in [0.25, 0.3) is 32.9 Å². The molecule has 0 amide bonds. The van der Waals surface area contributed by atoms with E-state index < -0.39 is 0 Å². The van der Waals surface area contributed by atoms with Crippen LogP contribution in [0.1, 0.15) is 26.3 Å². The van der Waals surface area contributed by atoms with Gasteiger partial charge in [0.1, 0.15) is 0 Å². The summed E-state index contributed by atoms with van der Waals surface area (Å²) in [5.41, 5.74) is 13.2. The highest BCUT2D eigenvalue weighted by molar-refractivity contribution is 6.90. The topological polar surface area (TPSA) is 8.17 Å². The van der Waals surface area contributed by atoms with E-state index in [0.29, 0.717) is 0 Å². The molecule has 8 rings (SSSR count). The molecule has 2 aliphatic heterocycles. The summed E-state index contributed by atoms with van der Waals surface area (Å²) in [7, 11) is 0. The molecule has 6 aromatic rings. The van der Waals surface area contributed by atoms with Gasteiger partial charge in [0.15, 0.2) is 0 Å². The molecule has 1 aromatic heterocycles. The smallest absolute Gasteiger partial charge is 0.333 e. The van der Waals surface area contributed by atoms with Crippen molar-refractivity contribution in [2.75, 3.05) is 4.90 Å². The van der Waals surface area contributed by atoms with Crippen LogP contribution in [0, 0.1) is 0 Å². The second-order valence-electron chi connectivity index (χ2n) is 11.4. The second-order valence-corrected chi connectivity index (χ2v) is 11.4. The van der Waals surface area contributed by atoms with Crippen LogP contribution in [-0.4, -0.2) is 11.3 Å². The summed E-state index contributed by atoms with van der Waals surface area (Å²) < 4.78 is 2.61. The molecule has 0 spiro atoms. The van der Waals surface area contributed by atoms with E-state index in [1.165, 1.54) is 66.5 Å². The second kappa shape index (κ2) is 7.17. The molecule has 0 unspecified atom stereocenters. The van der Waals surface area contributed by atoms with Crippen molar-refractivity contribution in [2.45, 2.75) is 26.2 Å². The molecular formula is C34H27BN2. The van der Waals surface area contributed by atoms with Crippen molar-refractivity contribution >= 4 is 56.6 Å². The van der Waals surface area contributed by atoms with Gasteiger partial charge in [-0.25, -0.2) is 0 Å². The van der Waals surface area contributed by atoms with E-state index in [2.05, 4.69) is 139 Å². The van der Waals surface area contributed by atoms with E-state index in [9.17, 15) is 0 Å². The average molecular weight is 474 g/mol. The predicted octanol–water partition coefficient (Wildman–Crippen LogP) is 7.51. The maximum Gasteiger partial charge on any atom is 0.333 e. The van der Waals surface area contributed by atoms with Crippen LogP contribution in [0.5, 0.6) is 0 Å². The average Bonchev–Trinajstić information content (AvgIpc) is 3.26. The molecule has 3 heterocycles. The fraction of sp³-hybridized carbons (Fsp3) is 0.118. The van der Waals surface area contributed by atoms with Crippen LogP contribution < -0.4 is 15.8 Å². The molecule has 0 radical (unpaired) electrons. The third kappa shape index (κ3) is 2.72. The molecule has 37 heavy (non-hydrogen) atoms. The zero-order valence-corrected chi connectivity index (χ0v) is 21.4. The van der Waals surface area contributed by atoms with Gasteiger partial charge in [0.2, 0.25) is 0 Å². The third-order valence-electron chi connectivity index (χ3n) is 8.32. The van der Waals surface area contributed by atoms with Crippen LogP contribution in [0.3, 0.4) is 0 Å². The Balaban J connectivity index is 1.55. The molecule has 0 fully saturated rings. The lowest BCUT2D eigenvalue weighted by molar-refractivity contribution is 0.590. The lowest BCUT2D eigenvalue weighted by Gasteiger charge is -2.41. The summed E-state index contributed by atoms with van der Waals surface area (Å²) in [5, 5.41) is 2.66. The molecule has 5 aromatic carbocycles. The normalized spacial score (nSPS) is 13.7. The number of anilines is 3. The van der Waals surface area contributed by atoms with E-state index >= 15 is 0 Å². The minimum Gasteiger partial charge on any atom is -0.375 e. The number of hydrogen-bond donors (Lipinski definition) is 0. The molecule has 0 N–H and O–H groups in total. The van der Waals surface area contributed by atoms with E-state index in [-0.39, 0.29) is 12.3 Å². The number of para-hydroxylation sites is 3. The number of fused-ring (bicyclic) bond motifs is 7. The molecular weight excluding hydrogens is 447 g/mol. The monoisotopic (exact) mass is 474 g/mol. The number of nitrogens with zero attached hydrogens (tertiary/aromatic N) is 2. The summed E-state index contributed by atoms with van der Waals surface area (Å²) in [6, 6.07) is 40.6. The van der Waals surface area contributed by atoms with Gasteiger partial charge in [-0.05, 0) is 57.8 Å². The quantitative estimate of drug-likeness (QED) is 0.224. The molecule has 0 saturated carbocycles. The van der Waals surface area contributed by atoms with Crippen molar-refractivity contribution < 1.29 is 0 Å². The van der Waals surface area contributed by atoms with Gasteiger partial charge in [0, 0.05) is 44.4 Å². The first-order valence-electron chi connectivity index (χ1n) is 13.2. The van der Waals surface area contributed by atoms with E-state index in [1.54, 1.807) is 0 Å². The molecule has 176 valence electrons. The predicted molar refractivity (Wildman–Crippen MR) is 159 cm³/mol. The minimum absolute atomic E-state index is 0.0616. The fourth-order valence-corrected chi connectivity index (χ4v) is 6.65. The maximum atomic E-state index is 2.61. The van der Waals surface area contributed by atoms with Crippen molar-refractivity contribution in [3.8, 4) is 11.1 Å². The molecule has 0 aliphatic carbocycles. The summed E-state index contributed by atoms with van der Waals surface area (Å²) in [5.74, 6) is 0. The Kier molecular flexibility index (Phi) is 4.05. The highest BCUT2D eigenvalue weighted by Crippen LogP contribution is 2.45. The van der Waals surface area contributed by atoms with Crippen molar-refractivity contribution in [1.29, 1.82) is 0 Å². The summed E-state index contributed by atoms with van der Waals surface area (Å²) in [4.78, 5) is 2.48. The lowest BCUT2D eigenvalue weighted by atomic mass is 9.45. The summed E-state index contributed by atoms with van der Waals surface area (Å²) in [6.07, 6.45) is 0. The van der Waals surface area contributed by atoms with Crippen molar-refractivity contribution in [3.05, 3.63) is 115 Å². The minimum atomic E-state index is 0.0616. The zero-order valence-electron chi connectivity index (χ0n) is 21.4. The van der Waals surface area contributed by atoms with Crippen molar-refractivity contribution in [3.63, 3.8) is 0 Å². The SMILES string of the molecule is CC(C)(C)c1ccc2c(c1)N(c1ccccc1)c1cccc3c1B2n1c2ccccc2c2cccc-3c21. The molecule has 0 saturated heterocycles. The van der Waals surface area contributed by atoms with Crippen molar-refractivity contribution in [2.24, 2.45) is 0 Å². The van der Waals surface area contributed by atoms with E-state index in [1.807, 2.05) is 0 Å². The van der Waals surface area contributed by atoms with Crippen LogP contribution in [0.15, 0.2) is 109 Å². The van der Waals surface area contributed by atoms with Crippen LogP contribution in [0.2, 0.25) is 0 Å². The maximum absolute atomic E-state index is 2.61. The highest BCUT2D eigenvalue weighted by atomic mass is 15.2. The Hall–Kier alpha value is -4.24. The summed E-state index contributed by atoms with van der Waals surface area (Å²) in [6.45, 7) is 7.02. The molecule has 0 bridgehead atoms. The van der Waals surface area contributed by atoms with Crippen LogP contribution >= 0.6 is 0 Å². The number of benzene rings is 5. The van der Waals surface area contributed by atoms with E-state index in [0.717, 1.165) is 0 Å². The van der Waals surface area contributed by atoms with E-state index in [4.69, 9.17) is 0 Å². The molecule has 2 aliphatic rings. The Morgan fingerprint density at radius 2 is 1.35 bits per heavy atom. The van der Waals surface area contributed by atoms with Gasteiger partial charge in [0.25, 0.3) is 0 Å². The lowest BCUT2D eigenvalue weighted by Crippen LogP contribution is -2.56. The van der Waals surface area contributed by atoms with Gasteiger partial charge in [-0.15, -0.1) is 0 Å². The Bertz CT molecular complexity index is 1870. The molecule has 0 atom stereocenters. The van der Waals surface area contributed by atoms with Gasteiger partial charge in [-0.2, -0.15) is 0 Å². The van der Waals surface area contributed by atoms with Gasteiger partial charge in [0.05, 0.1) is 0 Å². The largest absolute Gasteiger partial charge is 0.375 e. The zero-order chi connectivity index (χ0) is 24.9. The fourth-order valence-electron chi connectivity index (χ4n) is 6.65. The summed E-state index contributed by atoms with van der Waals surface area (Å²) >= 11 is 0.